The molecule has 1 aliphatic rings. The first-order valence-corrected chi connectivity index (χ1v) is 12.0. The molecule has 2 aromatic rings. The SMILES string of the molecule is CC1=CCC(c2noc(CC(Cc3ccccc3F)NC(=O)OC(C)(C)C)n2)=CC=C1S(N)=O. The minimum absolute atomic E-state index is 0.177. The molecule has 0 saturated carbocycles. The average molecular weight is 489 g/mol. The van der Waals surface area contributed by atoms with E-state index in [-0.39, 0.29) is 24.5 Å². The third-order valence-corrected chi connectivity index (χ3v) is 5.88. The molecule has 0 aliphatic heterocycles. The molecule has 0 radical (unpaired) electrons. The largest absolute Gasteiger partial charge is 0.444 e. The second-order valence-electron chi connectivity index (χ2n) is 8.97. The van der Waals surface area contributed by atoms with Crippen LogP contribution in [0.25, 0.3) is 5.57 Å². The van der Waals surface area contributed by atoms with E-state index in [9.17, 15) is 13.4 Å². The number of nitrogens with two attached hydrogens (primary N) is 1. The monoisotopic (exact) mass is 488 g/mol. The summed E-state index contributed by atoms with van der Waals surface area (Å²) in [5.74, 6) is 0.293. The zero-order valence-corrected chi connectivity index (χ0v) is 20.4. The van der Waals surface area contributed by atoms with Crippen LogP contribution < -0.4 is 10.5 Å². The van der Waals surface area contributed by atoms with Crippen LogP contribution in [0.2, 0.25) is 0 Å². The van der Waals surface area contributed by atoms with Crippen LogP contribution in [0.3, 0.4) is 0 Å². The molecule has 0 spiro atoms. The number of hydrogen-bond donors (Lipinski definition) is 2. The van der Waals surface area contributed by atoms with Gasteiger partial charge in [-0.1, -0.05) is 35.5 Å². The smallest absolute Gasteiger partial charge is 0.407 e. The lowest BCUT2D eigenvalue weighted by molar-refractivity contribution is 0.0502. The van der Waals surface area contributed by atoms with E-state index in [1.165, 1.54) is 6.07 Å². The summed E-state index contributed by atoms with van der Waals surface area (Å²) in [6.45, 7) is 7.13. The molecule has 1 aromatic carbocycles. The minimum atomic E-state index is -1.60. The molecule has 0 saturated heterocycles. The molecule has 0 bridgehead atoms. The number of alkyl carbamates (subject to hydrolysis) is 1. The maximum Gasteiger partial charge on any atom is 0.407 e. The number of hydrogen-bond acceptors (Lipinski definition) is 6. The van der Waals surface area contributed by atoms with Gasteiger partial charge in [-0.15, -0.1) is 0 Å². The van der Waals surface area contributed by atoms with Crippen LogP contribution >= 0.6 is 0 Å². The number of nitrogens with one attached hydrogen (secondary N) is 1. The van der Waals surface area contributed by atoms with Gasteiger partial charge in [-0.2, -0.15) is 4.98 Å². The van der Waals surface area contributed by atoms with Crippen molar-refractivity contribution in [2.45, 2.75) is 58.6 Å². The minimum Gasteiger partial charge on any atom is -0.444 e. The lowest BCUT2D eigenvalue weighted by Gasteiger charge is -2.23. The number of carbonyl (C=O) groups excluding carboxylic acids is 1. The molecule has 3 rings (SSSR count). The van der Waals surface area contributed by atoms with Crippen molar-refractivity contribution in [2.24, 2.45) is 5.14 Å². The fraction of sp³-hybridized carbons (Fsp3) is 0.375. The molecule has 2 unspecified atom stereocenters. The Morgan fingerprint density at radius 1 is 1.29 bits per heavy atom. The van der Waals surface area contributed by atoms with E-state index in [1.54, 1.807) is 51.1 Å². The second-order valence-corrected chi connectivity index (χ2v) is 10.0. The van der Waals surface area contributed by atoms with Crippen LogP contribution in [0.5, 0.6) is 0 Å². The van der Waals surface area contributed by atoms with Gasteiger partial charge in [0.15, 0.2) is 5.82 Å². The number of carbonyl (C=O) groups is 1. The summed E-state index contributed by atoms with van der Waals surface area (Å²) < 4.78 is 36.8. The van der Waals surface area contributed by atoms with Crippen molar-refractivity contribution in [3.8, 4) is 0 Å². The number of ether oxygens (including phenoxy) is 1. The Bertz CT molecular complexity index is 1160. The van der Waals surface area contributed by atoms with E-state index < -0.39 is 28.7 Å². The summed E-state index contributed by atoms with van der Waals surface area (Å²) in [7, 11) is -1.60. The highest BCUT2D eigenvalue weighted by molar-refractivity contribution is 7.87. The maximum atomic E-state index is 14.3. The van der Waals surface area contributed by atoms with Crippen LogP contribution in [0.15, 0.2) is 57.5 Å². The molecule has 182 valence electrons. The number of aromatic nitrogens is 2. The Kier molecular flexibility index (Phi) is 8.16. The van der Waals surface area contributed by atoms with Crippen molar-refractivity contribution in [3.05, 3.63) is 76.1 Å². The standard InChI is InChI=1S/C24H29FN4O4S/c1-15-9-10-16(11-12-20(15)34(26)31)22-28-21(33-29-22)14-18(27-23(30)32-24(2,3)4)13-17-7-5-6-8-19(17)25/h5-9,11-12,18H,10,13-14,26H2,1-4H3,(H,27,30). The summed E-state index contributed by atoms with van der Waals surface area (Å²) >= 11 is 0. The summed E-state index contributed by atoms with van der Waals surface area (Å²) in [5.41, 5.74) is 1.35. The summed E-state index contributed by atoms with van der Waals surface area (Å²) in [5, 5.41) is 12.4. The molecule has 1 amide bonds. The molecule has 1 heterocycles. The first-order valence-electron chi connectivity index (χ1n) is 10.8. The first kappa shape index (κ1) is 25.5. The van der Waals surface area contributed by atoms with Crippen molar-refractivity contribution in [1.29, 1.82) is 0 Å². The van der Waals surface area contributed by atoms with Crippen LogP contribution in [0.4, 0.5) is 9.18 Å². The summed E-state index contributed by atoms with van der Waals surface area (Å²) in [6.07, 6.45) is 5.63. The number of nitrogens with zero attached hydrogens (tertiary/aromatic N) is 2. The molecule has 2 atom stereocenters. The van der Waals surface area contributed by atoms with Gasteiger partial charge in [-0.3, -0.25) is 0 Å². The first-order chi connectivity index (χ1) is 16.0. The highest BCUT2D eigenvalue weighted by Gasteiger charge is 2.23. The van der Waals surface area contributed by atoms with Crippen molar-refractivity contribution >= 4 is 22.7 Å². The van der Waals surface area contributed by atoms with E-state index in [1.807, 2.05) is 13.0 Å². The zero-order chi connectivity index (χ0) is 24.9. The van der Waals surface area contributed by atoms with Gasteiger partial charge >= 0.3 is 6.09 Å². The number of rotatable bonds is 7. The molecule has 1 aromatic heterocycles. The lowest BCUT2D eigenvalue weighted by atomic mass is 10.0. The van der Waals surface area contributed by atoms with E-state index in [2.05, 4.69) is 15.5 Å². The predicted molar refractivity (Wildman–Crippen MR) is 128 cm³/mol. The van der Waals surface area contributed by atoms with Gasteiger partial charge < -0.3 is 14.6 Å². The molecule has 0 fully saturated rings. The van der Waals surface area contributed by atoms with Crippen molar-refractivity contribution in [1.82, 2.24) is 15.5 Å². The Morgan fingerprint density at radius 2 is 2.03 bits per heavy atom. The van der Waals surface area contributed by atoms with Gasteiger partial charge in [-0.25, -0.2) is 18.5 Å². The topological polar surface area (TPSA) is 120 Å². The van der Waals surface area contributed by atoms with Gasteiger partial charge in [0, 0.05) is 18.0 Å². The highest BCUT2D eigenvalue weighted by atomic mass is 32.2. The van der Waals surface area contributed by atoms with Gasteiger partial charge in [-0.05, 0) is 63.8 Å². The quantitative estimate of drug-likeness (QED) is 0.605. The van der Waals surface area contributed by atoms with E-state index in [0.29, 0.717) is 22.7 Å². The second kappa shape index (κ2) is 10.9. The molecular weight excluding hydrogens is 459 g/mol. The molecule has 3 N–H and O–H groups in total. The molecule has 34 heavy (non-hydrogen) atoms. The number of amides is 1. The summed E-state index contributed by atoms with van der Waals surface area (Å²) in [4.78, 5) is 17.4. The normalized spacial score (nSPS) is 16.0. The summed E-state index contributed by atoms with van der Waals surface area (Å²) in [6, 6.07) is 5.83. The average Bonchev–Trinajstić information content (AvgIpc) is 3.09. The van der Waals surface area contributed by atoms with Crippen molar-refractivity contribution < 1.29 is 22.7 Å². The third kappa shape index (κ3) is 7.19. The molecular formula is C24H29FN4O4S. The fourth-order valence-electron chi connectivity index (χ4n) is 3.39. The third-order valence-electron chi connectivity index (χ3n) is 4.99. The fourth-order valence-corrected chi connectivity index (χ4v) is 3.99. The Labute approximate surface area is 200 Å². The van der Waals surface area contributed by atoms with Crippen LogP contribution in [-0.2, 0) is 28.6 Å². The number of benzene rings is 1. The van der Waals surface area contributed by atoms with Gasteiger partial charge in [0.1, 0.15) is 22.4 Å². The van der Waals surface area contributed by atoms with Crippen LogP contribution in [0, 0.1) is 5.82 Å². The zero-order valence-electron chi connectivity index (χ0n) is 19.6. The van der Waals surface area contributed by atoms with Crippen LogP contribution in [-0.4, -0.2) is 32.1 Å². The van der Waals surface area contributed by atoms with E-state index >= 15 is 0 Å². The predicted octanol–water partition coefficient (Wildman–Crippen LogP) is 4.13. The van der Waals surface area contributed by atoms with Crippen molar-refractivity contribution in [3.63, 3.8) is 0 Å². The number of halogens is 1. The molecule has 8 nitrogen and oxygen atoms in total. The lowest BCUT2D eigenvalue weighted by Crippen LogP contribution is -2.41. The van der Waals surface area contributed by atoms with E-state index in [0.717, 1.165) is 11.1 Å². The molecule has 10 heteroatoms. The number of allylic oxidation sites excluding steroid dienone is 5. The van der Waals surface area contributed by atoms with Crippen molar-refractivity contribution in [2.75, 3.05) is 0 Å². The van der Waals surface area contributed by atoms with Gasteiger partial charge in [0.05, 0.1) is 4.91 Å². The molecule has 1 aliphatic carbocycles. The van der Waals surface area contributed by atoms with Crippen LogP contribution in [0.1, 0.15) is 51.4 Å². The van der Waals surface area contributed by atoms with Gasteiger partial charge in [0.2, 0.25) is 5.89 Å². The Balaban J connectivity index is 1.79. The van der Waals surface area contributed by atoms with E-state index in [4.69, 9.17) is 14.4 Å². The Hall–Kier alpha value is -3.11. The highest BCUT2D eigenvalue weighted by Crippen LogP contribution is 2.24. The Morgan fingerprint density at radius 3 is 2.71 bits per heavy atom. The maximum absolute atomic E-state index is 14.3. The van der Waals surface area contributed by atoms with Gasteiger partial charge in [0.25, 0.3) is 0 Å².